The first-order chi connectivity index (χ1) is 11.9. The molecular weight excluding hydrogens is 344 g/mol. The lowest BCUT2D eigenvalue weighted by Crippen LogP contribution is -2.26. The number of rotatable bonds is 9. The molecule has 0 heterocycles. The van der Waals surface area contributed by atoms with E-state index in [4.69, 9.17) is 10.2 Å². The van der Waals surface area contributed by atoms with Crippen molar-refractivity contribution in [2.75, 3.05) is 25.0 Å². The smallest absolute Gasteiger partial charge is 0.335 e. The number of benzene rings is 1. The van der Waals surface area contributed by atoms with Crippen molar-refractivity contribution in [1.82, 2.24) is 4.72 Å². The highest BCUT2D eigenvalue weighted by molar-refractivity contribution is 7.89. The van der Waals surface area contributed by atoms with E-state index in [1.54, 1.807) is 0 Å². The van der Waals surface area contributed by atoms with Crippen LogP contribution in [0.2, 0.25) is 0 Å². The van der Waals surface area contributed by atoms with Crippen molar-refractivity contribution in [3.63, 3.8) is 0 Å². The number of carbonyl (C=O) groups is 1. The molecule has 0 bridgehead atoms. The van der Waals surface area contributed by atoms with Crippen LogP contribution >= 0.6 is 0 Å². The number of nitrogens with one attached hydrogen (secondary N) is 2. The van der Waals surface area contributed by atoms with Crippen molar-refractivity contribution >= 4 is 21.7 Å². The average Bonchev–Trinajstić information content (AvgIpc) is 2.60. The van der Waals surface area contributed by atoms with Gasteiger partial charge in [-0.25, -0.2) is 17.9 Å². The molecule has 0 unspecified atom stereocenters. The summed E-state index contributed by atoms with van der Waals surface area (Å²) >= 11 is 0. The fourth-order valence-corrected chi connectivity index (χ4v) is 4.01. The number of aromatic carboxylic acids is 1. The molecule has 2 rings (SSSR count). The Balaban J connectivity index is 2.15. The standard InChI is InChI=1S/C17H24N2O5S/c20-11-10-18-15-7-6-14(17(21)22)12-16(15)25(23,24)19-9-8-13-4-2-1-3-5-13/h4,6-7,12,18-20H,1-3,5,8-11H2,(H,21,22). The van der Waals surface area contributed by atoms with E-state index in [1.165, 1.54) is 24.1 Å². The van der Waals surface area contributed by atoms with Crippen LogP contribution in [0.3, 0.4) is 0 Å². The topological polar surface area (TPSA) is 116 Å². The lowest BCUT2D eigenvalue weighted by atomic mass is 9.97. The van der Waals surface area contributed by atoms with Gasteiger partial charge in [0.15, 0.2) is 0 Å². The predicted octanol–water partition coefficient (Wildman–Crippen LogP) is 1.96. The third kappa shape index (κ3) is 5.55. The molecule has 0 atom stereocenters. The van der Waals surface area contributed by atoms with Crippen molar-refractivity contribution in [3.05, 3.63) is 35.4 Å². The van der Waals surface area contributed by atoms with Crippen LogP contribution in [-0.2, 0) is 10.0 Å². The second kappa shape index (κ2) is 8.98. The van der Waals surface area contributed by atoms with Gasteiger partial charge in [0, 0.05) is 13.1 Å². The van der Waals surface area contributed by atoms with E-state index in [0.717, 1.165) is 25.3 Å². The van der Waals surface area contributed by atoms with Gasteiger partial charge in [-0.3, -0.25) is 0 Å². The average molecular weight is 368 g/mol. The zero-order chi connectivity index (χ0) is 18.3. The highest BCUT2D eigenvalue weighted by Crippen LogP contribution is 2.24. The first-order valence-corrected chi connectivity index (χ1v) is 9.82. The maximum Gasteiger partial charge on any atom is 0.335 e. The Morgan fingerprint density at radius 2 is 2.00 bits per heavy atom. The van der Waals surface area contributed by atoms with Gasteiger partial charge in [-0.2, -0.15) is 0 Å². The van der Waals surface area contributed by atoms with Gasteiger partial charge in [0.25, 0.3) is 0 Å². The highest BCUT2D eigenvalue weighted by Gasteiger charge is 2.20. The van der Waals surface area contributed by atoms with Gasteiger partial charge in [-0.05, 0) is 50.3 Å². The summed E-state index contributed by atoms with van der Waals surface area (Å²) in [5.74, 6) is -1.20. The molecule has 138 valence electrons. The van der Waals surface area contributed by atoms with E-state index >= 15 is 0 Å². The van der Waals surface area contributed by atoms with Crippen LogP contribution < -0.4 is 10.0 Å². The van der Waals surface area contributed by atoms with Crippen molar-refractivity contribution in [2.24, 2.45) is 0 Å². The molecule has 4 N–H and O–H groups in total. The minimum Gasteiger partial charge on any atom is -0.478 e. The number of aliphatic hydroxyl groups is 1. The second-order valence-corrected chi connectivity index (χ2v) is 7.66. The highest BCUT2D eigenvalue weighted by atomic mass is 32.2. The Labute approximate surface area is 147 Å². The SMILES string of the molecule is O=C(O)c1ccc(NCCO)c(S(=O)(=O)NCCC2=CCCCC2)c1. The lowest BCUT2D eigenvalue weighted by molar-refractivity contribution is 0.0696. The predicted molar refractivity (Wildman–Crippen MR) is 95.3 cm³/mol. The molecular formula is C17H24N2O5S. The molecule has 8 heteroatoms. The Morgan fingerprint density at radius 1 is 1.20 bits per heavy atom. The quantitative estimate of drug-likeness (QED) is 0.495. The molecule has 25 heavy (non-hydrogen) atoms. The molecule has 0 fully saturated rings. The molecule has 1 aliphatic rings. The van der Waals surface area contributed by atoms with Gasteiger partial charge in [0.05, 0.1) is 17.9 Å². The molecule has 0 saturated heterocycles. The van der Waals surface area contributed by atoms with Gasteiger partial charge >= 0.3 is 5.97 Å². The monoisotopic (exact) mass is 368 g/mol. The number of hydrogen-bond donors (Lipinski definition) is 4. The first-order valence-electron chi connectivity index (χ1n) is 8.33. The fraction of sp³-hybridized carbons (Fsp3) is 0.471. The van der Waals surface area contributed by atoms with Crippen LogP contribution in [-0.4, -0.2) is 44.3 Å². The van der Waals surface area contributed by atoms with Crippen LogP contribution in [0.25, 0.3) is 0 Å². The molecule has 0 amide bonds. The number of allylic oxidation sites excluding steroid dienone is 1. The van der Waals surface area contributed by atoms with E-state index in [0.29, 0.717) is 6.42 Å². The van der Waals surface area contributed by atoms with E-state index in [9.17, 15) is 13.2 Å². The number of carboxylic acids is 1. The number of aliphatic hydroxyl groups excluding tert-OH is 1. The zero-order valence-corrected chi connectivity index (χ0v) is 14.8. The minimum atomic E-state index is -3.86. The fourth-order valence-electron chi connectivity index (χ4n) is 2.77. The maximum absolute atomic E-state index is 12.6. The third-order valence-corrected chi connectivity index (χ3v) is 5.57. The lowest BCUT2D eigenvalue weighted by Gasteiger charge is -2.15. The van der Waals surface area contributed by atoms with Crippen molar-refractivity contribution in [3.8, 4) is 0 Å². The minimum absolute atomic E-state index is 0.107. The van der Waals surface area contributed by atoms with Gasteiger partial charge in [-0.1, -0.05) is 11.6 Å². The molecule has 1 aliphatic carbocycles. The van der Waals surface area contributed by atoms with Crippen LogP contribution in [0.1, 0.15) is 42.5 Å². The Bertz CT molecular complexity index is 743. The van der Waals surface area contributed by atoms with Gasteiger partial charge in [-0.15, -0.1) is 0 Å². The molecule has 0 spiro atoms. The summed E-state index contributed by atoms with van der Waals surface area (Å²) in [6.07, 6.45) is 7.16. The van der Waals surface area contributed by atoms with Crippen LogP contribution in [0.15, 0.2) is 34.7 Å². The van der Waals surface area contributed by atoms with Crippen molar-refractivity contribution in [1.29, 1.82) is 0 Å². The van der Waals surface area contributed by atoms with Crippen molar-refractivity contribution < 1.29 is 23.4 Å². The van der Waals surface area contributed by atoms with Crippen LogP contribution in [0, 0.1) is 0 Å². The molecule has 1 aromatic rings. The molecule has 7 nitrogen and oxygen atoms in total. The molecule has 0 radical (unpaired) electrons. The summed E-state index contributed by atoms with van der Waals surface area (Å²) in [7, 11) is -3.86. The Kier molecular flexibility index (Phi) is 6.98. The van der Waals surface area contributed by atoms with Gasteiger partial charge in [0.2, 0.25) is 10.0 Å². The molecule has 0 aromatic heterocycles. The van der Waals surface area contributed by atoms with E-state index in [-0.39, 0.29) is 35.8 Å². The molecule has 0 saturated carbocycles. The number of hydrogen-bond acceptors (Lipinski definition) is 5. The molecule has 1 aromatic carbocycles. The summed E-state index contributed by atoms with van der Waals surface area (Å²) in [4.78, 5) is 11.0. The third-order valence-electron chi connectivity index (χ3n) is 4.07. The largest absolute Gasteiger partial charge is 0.478 e. The van der Waals surface area contributed by atoms with Crippen LogP contribution in [0.4, 0.5) is 5.69 Å². The normalized spacial score (nSPS) is 14.8. The summed E-state index contributed by atoms with van der Waals surface area (Å²) < 4.78 is 27.8. The first kappa shape index (κ1) is 19.4. The number of sulfonamides is 1. The van der Waals surface area contributed by atoms with E-state index in [1.807, 2.05) is 0 Å². The van der Waals surface area contributed by atoms with Gasteiger partial charge in [0.1, 0.15) is 4.90 Å². The number of anilines is 1. The summed E-state index contributed by atoms with van der Waals surface area (Å²) in [6, 6.07) is 3.86. The maximum atomic E-state index is 12.6. The summed E-state index contributed by atoms with van der Waals surface area (Å²) in [5.41, 5.74) is 1.42. The Hall–Kier alpha value is -1.90. The Morgan fingerprint density at radius 3 is 2.64 bits per heavy atom. The zero-order valence-electron chi connectivity index (χ0n) is 14.0. The summed E-state index contributed by atoms with van der Waals surface area (Å²) in [6.45, 7) is 0.272. The van der Waals surface area contributed by atoms with Crippen molar-refractivity contribution in [2.45, 2.75) is 37.0 Å². The van der Waals surface area contributed by atoms with Gasteiger partial charge < -0.3 is 15.5 Å². The summed E-state index contributed by atoms with van der Waals surface area (Å²) in [5, 5.41) is 20.8. The van der Waals surface area contributed by atoms with E-state index in [2.05, 4.69) is 16.1 Å². The molecule has 0 aliphatic heterocycles. The van der Waals surface area contributed by atoms with E-state index < -0.39 is 16.0 Å². The number of carboxylic acid groups (broad SMARTS) is 1. The van der Waals surface area contributed by atoms with Crippen LogP contribution in [0.5, 0.6) is 0 Å². The second-order valence-electron chi connectivity index (χ2n) is 5.92.